The van der Waals surface area contributed by atoms with E-state index in [4.69, 9.17) is 4.74 Å². The van der Waals surface area contributed by atoms with Crippen molar-refractivity contribution in [2.75, 3.05) is 44.3 Å². The summed E-state index contributed by atoms with van der Waals surface area (Å²) in [6, 6.07) is 1.04. The lowest BCUT2D eigenvalue weighted by molar-refractivity contribution is -0.140. The van der Waals surface area contributed by atoms with Crippen molar-refractivity contribution in [3.05, 3.63) is 22.3 Å². The molecular formula is C16H19BrF3N3O2. The maximum atomic E-state index is 12.8. The Morgan fingerprint density at radius 2 is 2.00 bits per heavy atom. The van der Waals surface area contributed by atoms with E-state index in [1.807, 2.05) is 9.80 Å². The van der Waals surface area contributed by atoms with Gasteiger partial charge in [0.25, 0.3) is 0 Å². The predicted octanol–water partition coefficient (Wildman–Crippen LogP) is 2.94. The zero-order chi connectivity index (χ0) is 18.0. The molecule has 2 fully saturated rings. The van der Waals surface area contributed by atoms with Crippen LogP contribution in [0, 0.1) is 5.92 Å². The van der Waals surface area contributed by atoms with Gasteiger partial charge in [-0.2, -0.15) is 13.2 Å². The molecular weight excluding hydrogens is 403 g/mol. The summed E-state index contributed by atoms with van der Waals surface area (Å²) < 4.78 is 43.9. The summed E-state index contributed by atoms with van der Waals surface area (Å²) in [6.07, 6.45) is -2.00. The normalized spacial score (nSPS) is 22.2. The molecule has 2 aliphatic rings. The molecule has 0 aromatic carbocycles. The van der Waals surface area contributed by atoms with Gasteiger partial charge in [-0.05, 0) is 34.8 Å². The summed E-state index contributed by atoms with van der Waals surface area (Å²) in [5.41, 5.74) is -0.791. The second-order valence-electron chi connectivity index (χ2n) is 6.25. The highest BCUT2D eigenvalue weighted by Crippen LogP contribution is 2.35. The van der Waals surface area contributed by atoms with Gasteiger partial charge in [-0.1, -0.05) is 0 Å². The maximum absolute atomic E-state index is 12.8. The number of aromatic nitrogens is 1. The lowest BCUT2D eigenvalue weighted by Gasteiger charge is -2.37. The summed E-state index contributed by atoms with van der Waals surface area (Å²) in [7, 11) is 0. The number of pyridine rings is 1. The number of rotatable bonds is 2. The van der Waals surface area contributed by atoms with Crippen molar-refractivity contribution in [3.63, 3.8) is 0 Å². The summed E-state index contributed by atoms with van der Waals surface area (Å²) in [5, 5.41) is 0. The minimum atomic E-state index is -4.43. The molecule has 25 heavy (non-hydrogen) atoms. The van der Waals surface area contributed by atoms with Crippen molar-refractivity contribution in [1.29, 1.82) is 0 Å². The first-order valence-electron chi connectivity index (χ1n) is 8.20. The fourth-order valence-corrected chi connectivity index (χ4v) is 3.83. The zero-order valence-electron chi connectivity index (χ0n) is 13.6. The van der Waals surface area contributed by atoms with Crippen LogP contribution >= 0.6 is 15.9 Å². The van der Waals surface area contributed by atoms with Gasteiger partial charge in [-0.15, -0.1) is 0 Å². The van der Waals surface area contributed by atoms with Gasteiger partial charge in [0.15, 0.2) is 0 Å². The highest BCUT2D eigenvalue weighted by molar-refractivity contribution is 9.10. The van der Waals surface area contributed by atoms with Crippen LogP contribution in [0.15, 0.2) is 16.7 Å². The van der Waals surface area contributed by atoms with E-state index >= 15 is 0 Å². The molecule has 2 aliphatic heterocycles. The first-order chi connectivity index (χ1) is 11.9. The van der Waals surface area contributed by atoms with Crippen LogP contribution in [0.25, 0.3) is 0 Å². The molecule has 0 N–H and O–H groups in total. The van der Waals surface area contributed by atoms with Crippen LogP contribution in [0.5, 0.6) is 0 Å². The Morgan fingerprint density at radius 3 is 2.64 bits per heavy atom. The summed E-state index contributed by atoms with van der Waals surface area (Å²) >= 11 is 3.19. The Labute approximate surface area is 152 Å². The fourth-order valence-electron chi connectivity index (χ4n) is 3.23. The number of morpholine rings is 1. The number of carbonyl (C=O) groups is 1. The Balaban J connectivity index is 1.72. The molecule has 9 heteroatoms. The Morgan fingerprint density at radius 1 is 1.28 bits per heavy atom. The van der Waals surface area contributed by atoms with Crippen molar-refractivity contribution < 1.29 is 22.7 Å². The van der Waals surface area contributed by atoms with Crippen molar-refractivity contribution in [3.8, 4) is 0 Å². The third-order valence-corrected chi connectivity index (χ3v) is 5.13. The molecule has 0 aliphatic carbocycles. The van der Waals surface area contributed by atoms with Crippen LogP contribution in [-0.4, -0.2) is 55.2 Å². The molecule has 2 saturated heterocycles. The third-order valence-electron chi connectivity index (χ3n) is 4.54. The highest BCUT2D eigenvalue weighted by atomic mass is 79.9. The van der Waals surface area contributed by atoms with Gasteiger partial charge < -0.3 is 14.5 Å². The van der Waals surface area contributed by atoms with Crippen molar-refractivity contribution in [1.82, 2.24) is 9.88 Å². The number of amides is 1. The van der Waals surface area contributed by atoms with Crippen molar-refractivity contribution >= 4 is 27.7 Å². The minimum Gasteiger partial charge on any atom is -0.378 e. The second-order valence-corrected chi connectivity index (χ2v) is 7.10. The lowest BCUT2D eigenvalue weighted by atomic mass is 9.96. The van der Waals surface area contributed by atoms with E-state index in [1.165, 1.54) is 0 Å². The average Bonchev–Trinajstić information content (AvgIpc) is 2.61. The summed E-state index contributed by atoms with van der Waals surface area (Å²) in [6.45, 7) is 3.43. The zero-order valence-corrected chi connectivity index (χ0v) is 15.1. The smallest absolute Gasteiger partial charge is 0.378 e. The van der Waals surface area contributed by atoms with Crippen LogP contribution < -0.4 is 4.90 Å². The predicted molar refractivity (Wildman–Crippen MR) is 89.3 cm³/mol. The van der Waals surface area contributed by atoms with E-state index in [0.29, 0.717) is 49.7 Å². The number of hydrogen-bond acceptors (Lipinski definition) is 4. The lowest BCUT2D eigenvalue weighted by Crippen LogP contribution is -2.48. The number of carbonyl (C=O) groups excluding carboxylic acids is 1. The summed E-state index contributed by atoms with van der Waals surface area (Å²) in [5.74, 6) is 0.381. The first kappa shape index (κ1) is 18.4. The molecule has 0 spiro atoms. The van der Waals surface area contributed by atoms with Gasteiger partial charge in [0, 0.05) is 32.4 Å². The highest BCUT2D eigenvalue weighted by Gasteiger charge is 2.34. The minimum absolute atomic E-state index is 0.0936. The number of anilines is 1. The topological polar surface area (TPSA) is 45.7 Å². The third kappa shape index (κ3) is 4.25. The maximum Gasteiger partial charge on any atom is 0.417 e. The Hall–Kier alpha value is -1.35. The van der Waals surface area contributed by atoms with Crippen LogP contribution in [0.3, 0.4) is 0 Å². The second kappa shape index (κ2) is 7.49. The largest absolute Gasteiger partial charge is 0.417 e. The number of nitrogens with zero attached hydrogens (tertiary/aromatic N) is 3. The Kier molecular flexibility index (Phi) is 5.52. The number of piperidine rings is 1. The first-order valence-corrected chi connectivity index (χ1v) is 9.00. The molecule has 1 unspecified atom stereocenters. The molecule has 1 aromatic rings. The molecule has 5 nitrogen and oxygen atoms in total. The van der Waals surface area contributed by atoms with E-state index in [0.717, 1.165) is 25.1 Å². The number of halogens is 4. The van der Waals surface area contributed by atoms with E-state index in [2.05, 4.69) is 20.9 Å². The quantitative estimate of drug-likeness (QED) is 0.736. The van der Waals surface area contributed by atoms with Crippen molar-refractivity contribution in [2.45, 2.75) is 19.0 Å². The van der Waals surface area contributed by atoms with Gasteiger partial charge in [-0.25, -0.2) is 4.98 Å². The van der Waals surface area contributed by atoms with E-state index in [-0.39, 0.29) is 11.8 Å². The van der Waals surface area contributed by atoms with E-state index in [1.54, 1.807) is 0 Å². The molecule has 0 saturated carbocycles. The van der Waals surface area contributed by atoms with Crippen LogP contribution in [0.2, 0.25) is 0 Å². The van der Waals surface area contributed by atoms with Crippen LogP contribution in [0.4, 0.5) is 19.0 Å². The molecule has 0 radical (unpaired) electrons. The monoisotopic (exact) mass is 421 g/mol. The van der Waals surface area contributed by atoms with Crippen molar-refractivity contribution in [2.24, 2.45) is 5.92 Å². The molecule has 1 amide bonds. The Bertz CT molecular complexity index is 636. The van der Waals surface area contributed by atoms with E-state index in [9.17, 15) is 18.0 Å². The molecule has 3 heterocycles. The summed E-state index contributed by atoms with van der Waals surface area (Å²) in [4.78, 5) is 20.4. The SMILES string of the molecule is O=C(C1CCCN(c2ncc(C(F)(F)F)cc2Br)C1)N1CCOCC1. The number of ether oxygens (including phenoxy) is 1. The molecule has 1 atom stereocenters. The molecule has 0 bridgehead atoms. The van der Waals surface area contributed by atoms with Gasteiger partial charge in [-0.3, -0.25) is 4.79 Å². The molecule has 138 valence electrons. The van der Waals surface area contributed by atoms with Gasteiger partial charge in [0.2, 0.25) is 5.91 Å². The molecule has 3 rings (SSSR count). The number of hydrogen-bond donors (Lipinski definition) is 0. The standard InChI is InChI=1S/C16H19BrF3N3O2/c17-13-8-12(16(18,19)20)9-21-14(13)23-3-1-2-11(10-23)15(24)22-4-6-25-7-5-22/h8-9,11H,1-7,10H2. The van der Waals surface area contributed by atoms with Crippen LogP contribution in [-0.2, 0) is 15.7 Å². The number of alkyl halides is 3. The fraction of sp³-hybridized carbons (Fsp3) is 0.625. The van der Waals surface area contributed by atoms with Gasteiger partial charge >= 0.3 is 6.18 Å². The molecule has 1 aromatic heterocycles. The average molecular weight is 422 g/mol. The van der Waals surface area contributed by atoms with Gasteiger partial charge in [0.05, 0.1) is 29.2 Å². The van der Waals surface area contributed by atoms with Crippen LogP contribution in [0.1, 0.15) is 18.4 Å². The van der Waals surface area contributed by atoms with Gasteiger partial charge in [0.1, 0.15) is 5.82 Å². The van der Waals surface area contributed by atoms with E-state index < -0.39 is 11.7 Å².